The third-order valence-electron chi connectivity index (χ3n) is 5.53. The van der Waals surface area contributed by atoms with Crippen LogP contribution in [0.2, 0.25) is 0 Å². The van der Waals surface area contributed by atoms with Crippen LogP contribution in [0.5, 0.6) is 0 Å². The molecule has 57 heavy (non-hydrogen) atoms. The summed E-state index contributed by atoms with van der Waals surface area (Å²) in [4.78, 5) is 16.2. The summed E-state index contributed by atoms with van der Waals surface area (Å²) in [5.41, 5.74) is 17.3. The predicted octanol–water partition coefficient (Wildman–Crippen LogP) is 9.97. The zero-order chi connectivity index (χ0) is 39.6. The maximum atomic E-state index is 9.63. The molecule has 0 radical (unpaired) electrons. The third-order valence-corrected chi connectivity index (χ3v) is 5.53. The molecule has 0 bridgehead atoms. The van der Waals surface area contributed by atoms with E-state index >= 15 is 0 Å². The van der Waals surface area contributed by atoms with Crippen LogP contribution in [0.4, 0.5) is 0 Å². The summed E-state index contributed by atoms with van der Waals surface area (Å²) < 4.78 is 0. The van der Waals surface area contributed by atoms with E-state index in [0.29, 0.717) is 22.5 Å². The van der Waals surface area contributed by atoms with Gasteiger partial charge in [0.1, 0.15) is 0 Å². The number of aromatic nitrogens is 2. The van der Waals surface area contributed by atoms with Crippen molar-refractivity contribution in [2.45, 2.75) is 113 Å². The number of nitrogens with zero attached hydrogens (tertiary/aromatic N) is 6. The molecule has 0 unspecified atom stereocenters. The average Bonchev–Trinajstić information content (AvgIpc) is 3.04. The molecule has 10 nitrogen and oxygen atoms in total. The van der Waals surface area contributed by atoms with Crippen LogP contribution in [0.15, 0.2) is 95.4 Å². The van der Waals surface area contributed by atoms with Crippen LogP contribution in [-0.2, 0) is 84.3 Å². The number of hydrogen-bond donors (Lipinski definition) is 2. The van der Waals surface area contributed by atoms with Crippen molar-refractivity contribution < 1.29 is 84.3 Å². The molecule has 4 aromatic rings. The minimum absolute atomic E-state index is 0. The van der Waals surface area contributed by atoms with Crippen molar-refractivity contribution >= 4 is 23.3 Å². The molecule has 0 aliphatic carbocycles. The second-order valence-corrected chi connectivity index (χ2v) is 15.6. The molecule has 2 aromatic carbocycles. The Morgan fingerprint density at radius 3 is 1.18 bits per heavy atom. The summed E-state index contributed by atoms with van der Waals surface area (Å²) in [6, 6.07) is 29.8. The molecule has 0 fully saturated rings. The van der Waals surface area contributed by atoms with E-state index in [4.69, 9.17) is 11.5 Å². The predicted molar refractivity (Wildman–Crippen MR) is 225 cm³/mol. The van der Waals surface area contributed by atoms with Crippen molar-refractivity contribution in [3.63, 3.8) is 0 Å². The molecule has 2 heterocycles. The van der Waals surface area contributed by atoms with Crippen molar-refractivity contribution in [2.24, 2.45) is 9.98 Å². The minimum atomic E-state index is -0.221. The van der Waals surface area contributed by atoms with E-state index in [9.17, 15) is 10.8 Å². The standard InChI is InChI=1S/2C11H14N2.2C10H13N3.CH4.4W/c2*1-11(2,3)13-10(12)9-7-5-4-6-8-9;2*1-10(2,3)13-9(11)8-5-4-6-12-7-8;;;;;/h2*4-7H,1-3H3,(H-,12,13);2*4,6-7H,1-3H3,(H-,11,13);1H4;;;;/q4*-2;;4*+2. The van der Waals surface area contributed by atoms with Crippen LogP contribution in [0.1, 0.15) is 113 Å². The first-order chi connectivity index (χ1) is 24.0. The SMILES string of the molecule is C.CC(C)(C)N=C([NH-])c1[c-]cccc1.CC(C)(C)N=C([NH-])c1[c-]ccnc1.CC(C)(C)NC(=[N-])c1[c-]cccc1.CC(C)(C)NC(=[N-])c1[c-]ccnc1.[W+2].[W+2].[W+2].[W+2]. The summed E-state index contributed by atoms with van der Waals surface area (Å²) in [6.07, 6.45) is 6.41. The van der Waals surface area contributed by atoms with Crippen LogP contribution in [0.3, 0.4) is 0 Å². The van der Waals surface area contributed by atoms with Gasteiger partial charge in [-0.15, -0.1) is 96.1 Å². The maximum Gasteiger partial charge on any atom is 2.00 e. The zero-order valence-corrected chi connectivity index (χ0v) is 46.1. The quantitative estimate of drug-likeness (QED) is 0.118. The smallest absolute Gasteiger partial charge is 0.527 e. The molecule has 2 aromatic heterocycles. The molecule has 304 valence electrons. The topological polar surface area (TPSA) is 167 Å². The van der Waals surface area contributed by atoms with Crippen LogP contribution >= 0.6 is 0 Å². The minimum Gasteiger partial charge on any atom is -0.527 e. The van der Waals surface area contributed by atoms with Gasteiger partial charge in [0, 0.05) is 0 Å². The number of pyridine rings is 2. The van der Waals surface area contributed by atoms with Gasteiger partial charge < -0.3 is 52.9 Å². The number of amidine groups is 4. The maximum absolute atomic E-state index is 9.63. The Morgan fingerprint density at radius 2 is 0.860 bits per heavy atom. The third kappa shape index (κ3) is 33.0. The van der Waals surface area contributed by atoms with Gasteiger partial charge in [0.25, 0.3) is 0 Å². The molecule has 0 saturated heterocycles. The molecule has 0 amide bonds. The van der Waals surface area contributed by atoms with Crippen LogP contribution in [0.25, 0.3) is 22.3 Å². The fourth-order valence-electron chi connectivity index (χ4n) is 3.63. The number of aliphatic imine (C=N–C) groups is 2. The van der Waals surface area contributed by atoms with Crippen LogP contribution in [-0.4, -0.2) is 55.5 Å². The second-order valence-electron chi connectivity index (χ2n) is 15.6. The van der Waals surface area contributed by atoms with Gasteiger partial charge in [-0.1, -0.05) is 115 Å². The Hall–Kier alpha value is -2.63. The summed E-state index contributed by atoms with van der Waals surface area (Å²) in [6.45, 7) is 23.7. The molecule has 0 saturated carbocycles. The summed E-state index contributed by atoms with van der Waals surface area (Å²) in [7, 11) is 0. The van der Waals surface area contributed by atoms with E-state index in [0.717, 1.165) is 5.56 Å². The summed E-state index contributed by atoms with van der Waals surface area (Å²) in [5, 5.41) is 25.1. The van der Waals surface area contributed by atoms with Gasteiger partial charge in [0.2, 0.25) is 0 Å². The van der Waals surface area contributed by atoms with Gasteiger partial charge in [-0.2, -0.15) is 34.5 Å². The largest absolute Gasteiger partial charge is 2.00 e. The number of hydrogen-bond acceptors (Lipinski definition) is 4. The van der Waals surface area contributed by atoms with Crippen LogP contribution < -0.4 is 10.6 Å². The Labute approximate surface area is 401 Å². The fourth-order valence-corrected chi connectivity index (χ4v) is 3.63. The van der Waals surface area contributed by atoms with E-state index in [2.05, 4.69) is 54.9 Å². The first-order valence-electron chi connectivity index (χ1n) is 16.9. The Bertz CT molecular complexity index is 1570. The number of benzene rings is 2. The summed E-state index contributed by atoms with van der Waals surface area (Å²) in [5.74, 6) is 0.822. The van der Waals surface area contributed by atoms with Crippen molar-refractivity contribution in [3.05, 3.63) is 154 Å². The van der Waals surface area contributed by atoms with E-state index in [1.807, 2.05) is 119 Å². The molecular formula is C43H58N10W4. The van der Waals surface area contributed by atoms with Crippen molar-refractivity contribution in [2.75, 3.05) is 0 Å². The van der Waals surface area contributed by atoms with Gasteiger partial charge in [-0.05, 0) is 22.2 Å². The molecule has 0 aliphatic rings. The van der Waals surface area contributed by atoms with E-state index in [1.54, 1.807) is 49.1 Å². The number of rotatable bonds is 4. The Balaban J connectivity index is -0.000000205. The molecule has 0 atom stereocenters. The second kappa shape index (κ2) is 30.4. The molecular weight excluding hydrogens is 1390 g/mol. The molecule has 4 N–H and O–H groups in total. The van der Waals surface area contributed by atoms with Crippen molar-refractivity contribution in [1.29, 1.82) is 0 Å². The summed E-state index contributed by atoms with van der Waals surface area (Å²) >= 11 is 0. The van der Waals surface area contributed by atoms with Gasteiger partial charge >= 0.3 is 84.3 Å². The fraction of sp³-hybridized carbons (Fsp3) is 0.395. The zero-order valence-electron chi connectivity index (χ0n) is 34.4. The normalized spacial score (nSPS) is 10.9. The molecule has 0 aliphatic heterocycles. The molecule has 4 rings (SSSR count). The monoisotopic (exact) mass is 1450 g/mol. The van der Waals surface area contributed by atoms with E-state index in [1.165, 1.54) is 0 Å². The molecule has 14 heteroatoms. The van der Waals surface area contributed by atoms with E-state index < -0.39 is 0 Å². The van der Waals surface area contributed by atoms with Gasteiger partial charge in [-0.25, -0.2) is 0 Å². The van der Waals surface area contributed by atoms with Crippen molar-refractivity contribution in [3.8, 4) is 0 Å². The first kappa shape index (κ1) is 63.5. The average molecular weight is 1450 g/mol. The molecule has 0 spiro atoms. The number of nitrogens with one attached hydrogen (secondary N) is 4. The van der Waals surface area contributed by atoms with Crippen molar-refractivity contribution in [1.82, 2.24) is 20.6 Å². The van der Waals surface area contributed by atoms with E-state index in [-0.39, 0.29) is 131 Å². The van der Waals surface area contributed by atoms with Gasteiger partial charge in [0.05, 0.1) is 0 Å². The van der Waals surface area contributed by atoms with Gasteiger partial charge in [-0.3, -0.25) is 0 Å². The Morgan fingerprint density at radius 1 is 0.526 bits per heavy atom. The van der Waals surface area contributed by atoms with Gasteiger partial charge in [0.15, 0.2) is 0 Å². The first-order valence-corrected chi connectivity index (χ1v) is 16.9. The van der Waals surface area contributed by atoms with Crippen LogP contribution in [0, 0.1) is 24.3 Å². The Kier molecular flexibility index (Phi) is 33.9.